The Morgan fingerprint density at radius 3 is 1.23 bits per heavy atom. The topological polar surface area (TPSA) is 26.3 Å². The van der Waals surface area contributed by atoms with Crippen molar-refractivity contribution in [1.29, 1.82) is 0 Å². The van der Waals surface area contributed by atoms with Gasteiger partial charge in [0.15, 0.2) is 0 Å². The molecule has 0 spiro atoms. The Labute approximate surface area is 272 Å². The number of ether oxygens (including phenoxy) is 1. The molecule has 0 aromatic rings. The van der Waals surface area contributed by atoms with Crippen LogP contribution < -0.4 is 0 Å². The summed E-state index contributed by atoms with van der Waals surface area (Å²) in [4.78, 5) is 12.0. The summed E-state index contributed by atoms with van der Waals surface area (Å²) in [5.74, 6) is 0.901. The van der Waals surface area contributed by atoms with Crippen molar-refractivity contribution in [3.63, 3.8) is 0 Å². The lowest BCUT2D eigenvalue weighted by Crippen LogP contribution is -2.05. The molecule has 0 aromatic carbocycles. The number of unbranched alkanes of at least 4 members (excludes halogenated alkanes) is 28. The number of carbonyl (C=O) groups excluding carboxylic acids is 1. The second-order valence-corrected chi connectivity index (χ2v) is 14.1. The number of esters is 1. The van der Waals surface area contributed by atoms with Crippen LogP contribution in [0.4, 0.5) is 0 Å². The molecule has 2 heteroatoms. The molecule has 43 heavy (non-hydrogen) atoms. The summed E-state index contributed by atoms with van der Waals surface area (Å²) in [5.41, 5.74) is 0. The zero-order valence-corrected chi connectivity index (χ0v) is 30.1. The van der Waals surface area contributed by atoms with Crippen LogP contribution in [0, 0.1) is 5.92 Å². The average Bonchev–Trinajstić information content (AvgIpc) is 2.99. The SMILES string of the molecule is CCCCCCCCC=CCCCCCCCCCC(=O)OCCCCCCCCCCCCCCCCCCC(C)C. The summed E-state index contributed by atoms with van der Waals surface area (Å²) >= 11 is 0. The minimum absolute atomic E-state index is 0.0226. The number of hydrogen-bond acceptors (Lipinski definition) is 2. The molecule has 2 nitrogen and oxygen atoms in total. The van der Waals surface area contributed by atoms with Gasteiger partial charge in [-0.05, 0) is 44.4 Å². The molecule has 0 fully saturated rings. The predicted octanol–water partition coefficient (Wildman–Crippen LogP) is 14.6. The molecule has 0 aliphatic carbocycles. The molecule has 0 amide bonds. The molecule has 0 heterocycles. The van der Waals surface area contributed by atoms with E-state index in [0.717, 1.165) is 18.8 Å². The quantitative estimate of drug-likeness (QED) is 0.0404. The maximum atomic E-state index is 12.0. The van der Waals surface area contributed by atoms with Gasteiger partial charge in [-0.2, -0.15) is 0 Å². The van der Waals surface area contributed by atoms with Gasteiger partial charge in [-0.1, -0.05) is 200 Å². The summed E-state index contributed by atoms with van der Waals surface area (Å²) in [6, 6.07) is 0. The average molecular weight is 605 g/mol. The van der Waals surface area contributed by atoms with Crippen LogP contribution in [0.3, 0.4) is 0 Å². The van der Waals surface area contributed by atoms with Crippen molar-refractivity contribution in [3.05, 3.63) is 12.2 Å². The Bertz CT molecular complexity index is 552. The van der Waals surface area contributed by atoms with Crippen LogP contribution in [0.15, 0.2) is 12.2 Å². The molecule has 0 aliphatic rings. The van der Waals surface area contributed by atoms with Gasteiger partial charge in [0.05, 0.1) is 6.61 Å². The van der Waals surface area contributed by atoms with Crippen molar-refractivity contribution < 1.29 is 9.53 Å². The van der Waals surface area contributed by atoms with Gasteiger partial charge in [-0.3, -0.25) is 4.79 Å². The van der Waals surface area contributed by atoms with Crippen molar-refractivity contribution in [2.24, 2.45) is 5.92 Å². The van der Waals surface area contributed by atoms with Gasteiger partial charge in [-0.15, -0.1) is 0 Å². The van der Waals surface area contributed by atoms with Gasteiger partial charge in [0.1, 0.15) is 0 Å². The van der Waals surface area contributed by atoms with E-state index in [1.807, 2.05) is 0 Å². The van der Waals surface area contributed by atoms with Crippen molar-refractivity contribution in [1.82, 2.24) is 0 Å². The molecule has 0 saturated heterocycles. The Morgan fingerprint density at radius 2 is 0.814 bits per heavy atom. The fourth-order valence-corrected chi connectivity index (χ4v) is 6.08. The van der Waals surface area contributed by atoms with Gasteiger partial charge < -0.3 is 4.74 Å². The summed E-state index contributed by atoms with van der Waals surface area (Å²) in [6.45, 7) is 7.58. The number of carbonyl (C=O) groups is 1. The van der Waals surface area contributed by atoms with Crippen LogP contribution in [0.25, 0.3) is 0 Å². The zero-order valence-electron chi connectivity index (χ0n) is 30.1. The Morgan fingerprint density at radius 1 is 0.465 bits per heavy atom. The maximum absolute atomic E-state index is 12.0. The van der Waals surface area contributed by atoms with E-state index in [1.165, 1.54) is 193 Å². The second-order valence-electron chi connectivity index (χ2n) is 14.1. The normalized spacial score (nSPS) is 11.7. The van der Waals surface area contributed by atoms with Crippen molar-refractivity contribution in [3.8, 4) is 0 Å². The van der Waals surface area contributed by atoms with Crippen LogP contribution in [0.2, 0.25) is 0 Å². The van der Waals surface area contributed by atoms with Crippen LogP contribution in [0.1, 0.15) is 233 Å². The molecule has 0 unspecified atom stereocenters. The molecule has 0 aromatic heterocycles. The highest BCUT2D eigenvalue weighted by atomic mass is 16.5. The lowest BCUT2D eigenvalue weighted by molar-refractivity contribution is -0.143. The fourth-order valence-electron chi connectivity index (χ4n) is 6.08. The molecule has 0 radical (unpaired) electrons. The molecular formula is C41H80O2. The first-order valence-corrected chi connectivity index (χ1v) is 20.0. The minimum Gasteiger partial charge on any atom is -0.466 e. The second kappa shape index (κ2) is 37.4. The smallest absolute Gasteiger partial charge is 0.305 e. The fraction of sp³-hybridized carbons (Fsp3) is 0.927. The van der Waals surface area contributed by atoms with Crippen LogP contribution >= 0.6 is 0 Å². The van der Waals surface area contributed by atoms with Crippen molar-refractivity contribution in [2.75, 3.05) is 6.61 Å². The van der Waals surface area contributed by atoms with Crippen LogP contribution in [-0.4, -0.2) is 12.6 Å². The van der Waals surface area contributed by atoms with Gasteiger partial charge in [0.2, 0.25) is 0 Å². The summed E-state index contributed by atoms with van der Waals surface area (Å²) in [5, 5.41) is 0. The molecule has 0 saturated carbocycles. The van der Waals surface area contributed by atoms with E-state index in [-0.39, 0.29) is 5.97 Å². The standard InChI is InChI=1S/C41H80O2/c1-4-5-6-7-8-9-10-11-12-13-17-20-23-26-29-32-35-38-41(42)43-39-36-33-30-27-24-21-18-15-14-16-19-22-25-28-31-34-37-40(2)3/h11-12,40H,4-10,13-39H2,1-3H3. The van der Waals surface area contributed by atoms with E-state index in [2.05, 4.69) is 32.9 Å². The minimum atomic E-state index is 0.0226. The lowest BCUT2D eigenvalue weighted by atomic mass is 10.0. The molecule has 0 rings (SSSR count). The van der Waals surface area contributed by atoms with E-state index in [4.69, 9.17) is 4.74 Å². The van der Waals surface area contributed by atoms with Gasteiger partial charge in [-0.25, -0.2) is 0 Å². The lowest BCUT2D eigenvalue weighted by Gasteiger charge is -2.06. The highest BCUT2D eigenvalue weighted by Gasteiger charge is 2.03. The Balaban J connectivity index is 3.18. The van der Waals surface area contributed by atoms with E-state index < -0.39 is 0 Å². The molecule has 0 aliphatic heterocycles. The largest absolute Gasteiger partial charge is 0.466 e. The Hall–Kier alpha value is -0.790. The van der Waals surface area contributed by atoms with Crippen molar-refractivity contribution >= 4 is 5.97 Å². The monoisotopic (exact) mass is 605 g/mol. The summed E-state index contributed by atoms with van der Waals surface area (Å²) in [7, 11) is 0. The highest BCUT2D eigenvalue weighted by Crippen LogP contribution is 2.16. The van der Waals surface area contributed by atoms with Gasteiger partial charge in [0.25, 0.3) is 0 Å². The summed E-state index contributed by atoms with van der Waals surface area (Å²) in [6.07, 6.45) is 48.6. The Kier molecular flexibility index (Phi) is 36.7. The van der Waals surface area contributed by atoms with E-state index in [0.29, 0.717) is 13.0 Å². The molecular weight excluding hydrogens is 524 g/mol. The maximum Gasteiger partial charge on any atom is 0.305 e. The number of allylic oxidation sites excluding steroid dienone is 2. The molecule has 0 N–H and O–H groups in total. The zero-order chi connectivity index (χ0) is 31.3. The first kappa shape index (κ1) is 42.2. The number of rotatable bonds is 36. The highest BCUT2D eigenvalue weighted by molar-refractivity contribution is 5.69. The van der Waals surface area contributed by atoms with E-state index in [1.54, 1.807) is 0 Å². The van der Waals surface area contributed by atoms with E-state index >= 15 is 0 Å². The van der Waals surface area contributed by atoms with Crippen molar-refractivity contribution in [2.45, 2.75) is 233 Å². The third-order valence-corrected chi connectivity index (χ3v) is 9.08. The van der Waals surface area contributed by atoms with Gasteiger partial charge >= 0.3 is 5.97 Å². The first-order chi connectivity index (χ1) is 21.2. The predicted molar refractivity (Wildman–Crippen MR) is 193 cm³/mol. The third-order valence-electron chi connectivity index (χ3n) is 9.08. The number of hydrogen-bond donors (Lipinski definition) is 0. The third kappa shape index (κ3) is 39.2. The first-order valence-electron chi connectivity index (χ1n) is 20.0. The molecule has 0 bridgehead atoms. The van der Waals surface area contributed by atoms with Crippen LogP contribution in [-0.2, 0) is 9.53 Å². The van der Waals surface area contributed by atoms with E-state index in [9.17, 15) is 4.79 Å². The summed E-state index contributed by atoms with van der Waals surface area (Å²) < 4.78 is 5.46. The van der Waals surface area contributed by atoms with Crippen LogP contribution in [0.5, 0.6) is 0 Å². The molecule has 256 valence electrons. The molecule has 0 atom stereocenters. The van der Waals surface area contributed by atoms with Gasteiger partial charge in [0, 0.05) is 6.42 Å².